The lowest BCUT2D eigenvalue weighted by Crippen LogP contribution is -2.26. The molecule has 126 valence electrons. The number of benzene rings is 1. The van der Waals surface area contributed by atoms with Crippen LogP contribution in [0.2, 0.25) is 0 Å². The van der Waals surface area contributed by atoms with Crippen molar-refractivity contribution < 1.29 is 12.9 Å². The molecule has 7 nitrogen and oxygen atoms in total. The van der Waals surface area contributed by atoms with Gasteiger partial charge in [0.1, 0.15) is 0 Å². The van der Waals surface area contributed by atoms with E-state index in [0.29, 0.717) is 29.0 Å². The number of fused-ring (bicyclic) bond motifs is 1. The second-order valence-corrected chi connectivity index (χ2v) is 7.41. The maximum atomic E-state index is 12.5. The van der Waals surface area contributed by atoms with Crippen LogP contribution in [0.3, 0.4) is 0 Å². The summed E-state index contributed by atoms with van der Waals surface area (Å²) < 4.78 is 32.8. The van der Waals surface area contributed by atoms with Crippen LogP contribution < -0.4 is 4.72 Å². The highest BCUT2D eigenvalue weighted by atomic mass is 32.2. The minimum Gasteiger partial charge on any atom is -0.339 e. The third-order valence-electron chi connectivity index (χ3n) is 3.53. The van der Waals surface area contributed by atoms with Gasteiger partial charge in [-0.15, -0.1) is 0 Å². The van der Waals surface area contributed by atoms with Gasteiger partial charge in [0.15, 0.2) is 5.82 Å². The molecule has 2 aromatic heterocycles. The lowest BCUT2D eigenvalue weighted by molar-refractivity contribution is 0.371. The van der Waals surface area contributed by atoms with Crippen LogP contribution in [-0.2, 0) is 16.4 Å². The average Bonchev–Trinajstić information content (AvgIpc) is 3.03. The van der Waals surface area contributed by atoms with Crippen molar-refractivity contribution in [1.82, 2.24) is 19.8 Å². The first kappa shape index (κ1) is 16.5. The molecule has 0 radical (unpaired) electrons. The third kappa shape index (κ3) is 3.44. The summed E-state index contributed by atoms with van der Waals surface area (Å²) in [5.41, 5.74) is 0.638. The smallest absolute Gasteiger partial charge is 0.241 e. The summed E-state index contributed by atoms with van der Waals surface area (Å²) in [4.78, 5) is 8.62. The lowest BCUT2D eigenvalue weighted by atomic mass is 10.2. The highest BCUT2D eigenvalue weighted by Gasteiger charge is 2.18. The number of nitrogens with one attached hydrogen (secondary N) is 1. The highest BCUT2D eigenvalue weighted by molar-refractivity contribution is 7.89. The lowest BCUT2D eigenvalue weighted by Gasteiger charge is -2.08. The van der Waals surface area contributed by atoms with Crippen LogP contribution in [-0.4, -0.2) is 30.1 Å². The molecule has 8 heteroatoms. The maximum absolute atomic E-state index is 12.5. The van der Waals surface area contributed by atoms with Crippen molar-refractivity contribution in [2.45, 2.75) is 31.1 Å². The van der Waals surface area contributed by atoms with Crippen LogP contribution in [0.4, 0.5) is 0 Å². The van der Waals surface area contributed by atoms with E-state index in [1.54, 1.807) is 36.5 Å². The van der Waals surface area contributed by atoms with Crippen molar-refractivity contribution in [2.24, 2.45) is 0 Å². The monoisotopic (exact) mass is 346 g/mol. The number of sulfonamides is 1. The van der Waals surface area contributed by atoms with Crippen molar-refractivity contribution >= 4 is 20.9 Å². The Bertz CT molecular complexity index is 945. The fourth-order valence-electron chi connectivity index (χ4n) is 2.28. The van der Waals surface area contributed by atoms with Crippen LogP contribution in [0.1, 0.15) is 31.5 Å². The van der Waals surface area contributed by atoms with E-state index in [-0.39, 0.29) is 17.4 Å². The topological polar surface area (TPSA) is 98.0 Å². The molecule has 3 aromatic rings. The first-order chi connectivity index (χ1) is 11.5. The minimum absolute atomic E-state index is 0.169. The molecular formula is C16H18N4O3S. The molecule has 0 aliphatic carbocycles. The normalized spacial score (nSPS) is 12.1. The van der Waals surface area contributed by atoms with Crippen molar-refractivity contribution in [3.8, 4) is 0 Å². The Balaban J connectivity index is 1.73. The second kappa shape index (κ2) is 6.66. The quantitative estimate of drug-likeness (QED) is 0.735. The molecule has 0 fully saturated rings. The predicted octanol–water partition coefficient (Wildman–Crippen LogP) is 2.26. The molecule has 0 spiro atoms. The van der Waals surface area contributed by atoms with Crippen LogP contribution in [0.25, 0.3) is 10.9 Å². The van der Waals surface area contributed by atoms with Crippen molar-refractivity contribution in [3.05, 3.63) is 48.2 Å². The predicted molar refractivity (Wildman–Crippen MR) is 89.0 cm³/mol. The Kier molecular flexibility index (Phi) is 4.59. The van der Waals surface area contributed by atoms with Gasteiger partial charge in [0, 0.05) is 30.5 Å². The zero-order valence-electron chi connectivity index (χ0n) is 13.4. The molecular weight excluding hydrogens is 328 g/mol. The Morgan fingerprint density at radius 2 is 2.04 bits per heavy atom. The largest absolute Gasteiger partial charge is 0.339 e. The Labute approximate surface area is 140 Å². The first-order valence-electron chi connectivity index (χ1n) is 7.63. The van der Waals surface area contributed by atoms with Gasteiger partial charge >= 0.3 is 0 Å². The zero-order chi connectivity index (χ0) is 17.2. The van der Waals surface area contributed by atoms with Crippen molar-refractivity contribution in [2.75, 3.05) is 6.54 Å². The summed E-state index contributed by atoms with van der Waals surface area (Å²) in [6.07, 6.45) is 1.97. The number of nitrogens with zero attached hydrogens (tertiary/aromatic N) is 3. The maximum Gasteiger partial charge on any atom is 0.241 e. The summed E-state index contributed by atoms with van der Waals surface area (Å²) in [5.74, 6) is 1.20. The van der Waals surface area contributed by atoms with E-state index in [1.165, 1.54) is 0 Å². The molecule has 0 amide bonds. The van der Waals surface area contributed by atoms with Crippen molar-refractivity contribution in [1.29, 1.82) is 0 Å². The van der Waals surface area contributed by atoms with E-state index < -0.39 is 10.0 Å². The molecule has 0 unspecified atom stereocenters. The van der Waals surface area contributed by atoms with E-state index in [1.807, 2.05) is 13.8 Å². The van der Waals surface area contributed by atoms with E-state index in [4.69, 9.17) is 4.52 Å². The van der Waals surface area contributed by atoms with E-state index in [9.17, 15) is 8.42 Å². The van der Waals surface area contributed by atoms with Crippen LogP contribution in [0.15, 0.2) is 45.9 Å². The van der Waals surface area contributed by atoms with E-state index >= 15 is 0 Å². The minimum atomic E-state index is -3.65. The molecule has 0 saturated heterocycles. The van der Waals surface area contributed by atoms with Gasteiger partial charge in [-0.2, -0.15) is 4.98 Å². The molecule has 2 heterocycles. The van der Waals surface area contributed by atoms with Crippen molar-refractivity contribution in [3.63, 3.8) is 0 Å². The Hall–Kier alpha value is -2.32. The molecule has 0 atom stereocenters. The molecule has 3 rings (SSSR count). The Morgan fingerprint density at radius 3 is 2.79 bits per heavy atom. The molecule has 1 aromatic carbocycles. The molecule has 24 heavy (non-hydrogen) atoms. The first-order valence-corrected chi connectivity index (χ1v) is 9.11. The van der Waals surface area contributed by atoms with Gasteiger partial charge in [-0.25, -0.2) is 13.1 Å². The standard InChI is InChI=1S/C16H18N4O3S/c1-11(2)16-19-15(23-20-16)8-10-18-24(21,22)14-7-3-6-13-12(14)5-4-9-17-13/h3-7,9,11,18H,8,10H2,1-2H3. The van der Waals surface area contributed by atoms with Gasteiger partial charge in [-0.3, -0.25) is 4.98 Å². The van der Waals surface area contributed by atoms with Crippen LogP contribution >= 0.6 is 0 Å². The van der Waals surface area contributed by atoms with Gasteiger partial charge in [-0.1, -0.05) is 25.1 Å². The van der Waals surface area contributed by atoms with Crippen LogP contribution in [0.5, 0.6) is 0 Å². The number of aromatic nitrogens is 3. The fourth-order valence-corrected chi connectivity index (χ4v) is 3.53. The summed E-state index contributed by atoms with van der Waals surface area (Å²) >= 11 is 0. The Morgan fingerprint density at radius 1 is 1.21 bits per heavy atom. The third-order valence-corrected chi connectivity index (χ3v) is 5.05. The number of pyridine rings is 1. The summed E-state index contributed by atoms with van der Waals surface area (Å²) in [6.45, 7) is 4.11. The average molecular weight is 346 g/mol. The van der Waals surface area contributed by atoms with E-state index in [0.717, 1.165) is 0 Å². The number of rotatable bonds is 6. The van der Waals surface area contributed by atoms with Gasteiger partial charge in [0.05, 0.1) is 10.4 Å². The van der Waals surface area contributed by atoms with E-state index in [2.05, 4.69) is 19.8 Å². The molecule has 0 aliphatic heterocycles. The van der Waals surface area contributed by atoms with Gasteiger partial charge < -0.3 is 4.52 Å². The molecule has 0 aliphatic rings. The summed E-state index contributed by atoms with van der Waals surface area (Å²) in [5, 5.41) is 4.45. The van der Waals surface area contributed by atoms with Gasteiger partial charge in [0.2, 0.25) is 15.9 Å². The summed E-state index contributed by atoms with van der Waals surface area (Å²) in [7, 11) is -3.65. The zero-order valence-corrected chi connectivity index (χ0v) is 14.2. The van der Waals surface area contributed by atoms with Gasteiger partial charge in [0.25, 0.3) is 0 Å². The molecule has 1 N–H and O–H groups in total. The fraction of sp³-hybridized carbons (Fsp3) is 0.312. The number of hydrogen-bond donors (Lipinski definition) is 1. The van der Waals surface area contributed by atoms with Crippen LogP contribution in [0, 0.1) is 0 Å². The number of hydrogen-bond acceptors (Lipinski definition) is 6. The SMILES string of the molecule is CC(C)c1noc(CCNS(=O)(=O)c2cccc3ncccc23)n1. The molecule has 0 saturated carbocycles. The second-order valence-electron chi connectivity index (χ2n) is 5.68. The van der Waals surface area contributed by atoms with Gasteiger partial charge in [-0.05, 0) is 24.3 Å². The summed E-state index contributed by atoms with van der Waals surface area (Å²) in [6, 6.07) is 8.48. The highest BCUT2D eigenvalue weighted by Crippen LogP contribution is 2.20. The molecule has 0 bridgehead atoms.